The molecule has 3 heterocycles. The van der Waals surface area contributed by atoms with E-state index in [1.807, 2.05) is 27.7 Å². The Bertz CT molecular complexity index is 392. The Kier molecular flexibility index (Phi) is 2.51. The second-order valence-corrected chi connectivity index (χ2v) is 5.93. The van der Waals surface area contributed by atoms with Crippen LogP contribution in [-0.4, -0.2) is 53.5 Å². The molecule has 3 aliphatic heterocycles. The minimum absolute atomic E-state index is 0.291. The molecule has 18 heavy (non-hydrogen) atoms. The molecule has 3 rings (SSSR count). The lowest BCUT2D eigenvalue weighted by atomic mass is 10.1. The van der Waals surface area contributed by atoms with Gasteiger partial charge in [0.25, 0.3) is 0 Å². The summed E-state index contributed by atoms with van der Waals surface area (Å²) in [5.41, 5.74) is 0. The molecule has 0 saturated carbocycles. The van der Waals surface area contributed by atoms with Crippen LogP contribution >= 0.6 is 0 Å². The molecule has 0 aromatic heterocycles. The summed E-state index contributed by atoms with van der Waals surface area (Å²) in [5, 5.41) is 12.0. The van der Waals surface area contributed by atoms with E-state index >= 15 is 0 Å². The van der Waals surface area contributed by atoms with Crippen LogP contribution in [0.15, 0.2) is 0 Å². The van der Waals surface area contributed by atoms with Crippen molar-refractivity contribution in [2.75, 3.05) is 6.61 Å². The van der Waals surface area contributed by atoms with Crippen LogP contribution in [0.5, 0.6) is 0 Å². The zero-order valence-electron chi connectivity index (χ0n) is 11.1. The first kappa shape index (κ1) is 12.3. The summed E-state index contributed by atoms with van der Waals surface area (Å²) < 4.78 is 23.6. The van der Waals surface area contributed by atoms with E-state index in [1.54, 1.807) is 0 Å². The van der Waals surface area contributed by atoms with Crippen molar-refractivity contribution in [3.63, 3.8) is 0 Å². The normalized spacial score (nSPS) is 45.0. The van der Waals surface area contributed by atoms with Gasteiger partial charge >= 0.3 is 0 Å². The number of hydrogen-bond donors (Lipinski definition) is 0. The molecule has 0 N–H and O–H groups in total. The Morgan fingerprint density at radius 1 is 1.11 bits per heavy atom. The fourth-order valence-corrected chi connectivity index (χ4v) is 2.84. The Balaban J connectivity index is 1.79. The number of rotatable bonds is 1. The molecule has 0 spiro atoms. The van der Waals surface area contributed by atoms with Gasteiger partial charge in [0.05, 0.1) is 6.61 Å². The molecule has 3 aliphatic rings. The van der Waals surface area contributed by atoms with Crippen molar-refractivity contribution in [2.45, 2.75) is 63.6 Å². The first-order chi connectivity index (χ1) is 8.27. The molecular weight excluding hydrogens is 238 g/mol. The number of hydrogen-bond acceptors (Lipinski definition) is 5. The van der Waals surface area contributed by atoms with Gasteiger partial charge in [-0.25, -0.2) is 4.74 Å². The van der Waals surface area contributed by atoms with Crippen molar-refractivity contribution >= 4 is 6.21 Å². The number of ether oxygens (including phenoxy) is 4. The maximum atomic E-state index is 12.0. The van der Waals surface area contributed by atoms with E-state index in [0.717, 1.165) is 4.74 Å². The molecule has 2 saturated heterocycles. The molecule has 0 unspecified atom stereocenters. The van der Waals surface area contributed by atoms with Crippen molar-refractivity contribution in [2.24, 2.45) is 0 Å². The van der Waals surface area contributed by atoms with Crippen LogP contribution in [0.1, 0.15) is 27.7 Å². The Labute approximate surface area is 106 Å². The lowest BCUT2D eigenvalue weighted by molar-refractivity contribution is -0.514. The zero-order valence-corrected chi connectivity index (χ0v) is 11.1. The molecule has 0 bridgehead atoms. The van der Waals surface area contributed by atoms with Gasteiger partial charge in [0.15, 0.2) is 30.0 Å². The molecule has 0 amide bonds. The SMILES string of the molecule is CC1(C)OC[C@@H]([C@H]2[C@@H]3OC(C)(C)O[C@@H]3C=[N+]2[O-])O1. The summed E-state index contributed by atoms with van der Waals surface area (Å²) in [7, 11) is 0. The monoisotopic (exact) mass is 257 g/mol. The fraction of sp³-hybridized carbons (Fsp3) is 0.917. The summed E-state index contributed by atoms with van der Waals surface area (Å²) in [6, 6.07) is -0.404. The molecule has 0 aliphatic carbocycles. The lowest BCUT2D eigenvalue weighted by Gasteiger charge is -2.25. The second kappa shape index (κ2) is 3.66. The van der Waals surface area contributed by atoms with Crippen LogP contribution in [0, 0.1) is 5.21 Å². The van der Waals surface area contributed by atoms with E-state index in [-0.39, 0.29) is 18.3 Å². The van der Waals surface area contributed by atoms with E-state index in [2.05, 4.69) is 0 Å². The van der Waals surface area contributed by atoms with Gasteiger partial charge in [-0.05, 0) is 27.7 Å². The van der Waals surface area contributed by atoms with E-state index in [4.69, 9.17) is 18.9 Å². The summed E-state index contributed by atoms with van der Waals surface area (Å²) in [6.45, 7) is 7.78. The minimum Gasteiger partial charge on any atom is -0.624 e. The van der Waals surface area contributed by atoms with Crippen molar-refractivity contribution in [3.8, 4) is 0 Å². The Hall–Kier alpha value is -0.690. The van der Waals surface area contributed by atoms with Crippen molar-refractivity contribution < 1.29 is 23.7 Å². The van der Waals surface area contributed by atoms with Crippen LogP contribution in [-0.2, 0) is 18.9 Å². The number of nitrogens with zero attached hydrogens (tertiary/aromatic N) is 1. The van der Waals surface area contributed by atoms with Gasteiger partial charge < -0.3 is 24.2 Å². The van der Waals surface area contributed by atoms with Gasteiger partial charge in [0, 0.05) is 0 Å². The first-order valence-corrected chi connectivity index (χ1v) is 6.25. The molecule has 2 fully saturated rings. The third-order valence-corrected chi connectivity index (χ3v) is 3.50. The lowest BCUT2D eigenvalue weighted by Crippen LogP contribution is -2.45. The van der Waals surface area contributed by atoms with Crippen LogP contribution in [0.4, 0.5) is 0 Å². The summed E-state index contributed by atoms with van der Waals surface area (Å²) in [5.74, 6) is -1.29. The number of hydroxylamine groups is 1. The van der Waals surface area contributed by atoms with Gasteiger partial charge in [-0.3, -0.25) is 0 Å². The van der Waals surface area contributed by atoms with Crippen LogP contribution in [0.25, 0.3) is 0 Å². The van der Waals surface area contributed by atoms with Gasteiger partial charge in [-0.1, -0.05) is 0 Å². The molecule has 6 nitrogen and oxygen atoms in total. The maximum Gasteiger partial charge on any atom is 0.220 e. The number of fused-ring (bicyclic) bond motifs is 1. The van der Waals surface area contributed by atoms with Crippen LogP contribution in [0.3, 0.4) is 0 Å². The largest absolute Gasteiger partial charge is 0.624 e. The predicted molar refractivity (Wildman–Crippen MR) is 62.2 cm³/mol. The average molecular weight is 257 g/mol. The fourth-order valence-electron chi connectivity index (χ4n) is 2.84. The van der Waals surface area contributed by atoms with E-state index < -0.39 is 17.6 Å². The van der Waals surface area contributed by atoms with Crippen molar-refractivity contribution in [1.82, 2.24) is 0 Å². The highest BCUT2D eigenvalue weighted by Gasteiger charge is 2.58. The minimum atomic E-state index is -0.652. The van der Waals surface area contributed by atoms with Gasteiger partial charge in [-0.15, -0.1) is 0 Å². The van der Waals surface area contributed by atoms with E-state index in [0.29, 0.717) is 6.61 Å². The standard InChI is InChI=1S/C12H19NO5/c1-11(2)15-6-8(17-11)9-10-7(5-13(9)14)16-12(3,4)18-10/h5,7-10H,6H2,1-4H3/t7-,8+,9+,10-/m1/s1. The highest BCUT2D eigenvalue weighted by molar-refractivity contribution is 5.62. The Morgan fingerprint density at radius 2 is 1.83 bits per heavy atom. The third-order valence-electron chi connectivity index (χ3n) is 3.50. The molecule has 4 atom stereocenters. The average Bonchev–Trinajstić information content (AvgIpc) is 2.75. The first-order valence-electron chi connectivity index (χ1n) is 6.25. The molecule has 0 aromatic rings. The molecule has 0 aromatic carbocycles. The topological polar surface area (TPSA) is 63.0 Å². The third kappa shape index (κ3) is 1.93. The van der Waals surface area contributed by atoms with Gasteiger partial charge in [0.2, 0.25) is 6.04 Å². The maximum absolute atomic E-state index is 12.0. The molecule has 102 valence electrons. The van der Waals surface area contributed by atoms with Crippen molar-refractivity contribution in [1.29, 1.82) is 0 Å². The van der Waals surface area contributed by atoms with Gasteiger partial charge in [0.1, 0.15) is 6.10 Å². The quantitative estimate of drug-likeness (QED) is 0.509. The highest BCUT2D eigenvalue weighted by Crippen LogP contribution is 2.37. The molecule has 0 radical (unpaired) electrons. The molecular formula is C12H19NO5. The van der Waals surface area contributed by atoms with Crippen LogP contribution in [0.2, 0.25) is 0 Å². The van der Waals surface area contributed by atoms with Gasteiger partial charge in [-0.2, -0.15) is 0 Å². The van der Waals surface area contributed by atoms with Crippen LogP contribution < -0.4 is 0 Å². The Morgan fingerprint density at radius 3 is 2.44 bits per heavy atom. The second-order valence-electron chi connectivity index (χ2n) is 5.93. The smallest absolute Gasteiger partial charge is 0.220 e. The zero-order chi connectivity index (χ0) is 13.1. The summed E-state index contributed by atoms with van der Waals surface area (Å²) in [6.07, 6.45) is 0.648. The van der Waals surface area contributed by atoms with E-state index in [9.17, 15) is 5.21 Å². The summed E-state index contributed by atoms with van der Waals surface area (Å²) >= 11 is 0. The summed E-state index contributed by atoms with van der Waals surface area (Å²) in [4.78, 5) is 0. The highest BCUT2D eigenvalue weighted by atomic mass is 16.8. The predicted octanol–water partition coefficient (Wildman–Crippen LogP) is 0.621. The van der Waals surface area contributed by atoms with E-state index in [1.165, 1.54) is 6.21 Å². The van der Waals surface area contributed by atoms with Crippen molar-refractivity contribution in [3.05, 3.63) is 5.21 Å². The molecule has 6 heteroatoms.